The fourth-order valence-electron chi connectivity index (χ4n) is 1.50. The van der Waals surface area contributed by atoms with Crippen LogP contribution >= 0.6 is 0 Å². The first-order chi connectivity index (χ1) is 10.8. The van der Waals surface area contributed by atoms with Gasteiger partial charge in [0.25, 0.3) is 0 Å². The first-order valence-corrected chi connectivity index (χ1v) is 7.22. The SMILES string of the molecule is OCCCO.OCCCOCc1coc(-c2ccccc2)n1. The van der Waals surface area contributed by atoms with Crippen LogP contribution in [0, 0.1) is 0 Å². The Morgan fingerprint density at radius 2 is 1.64 bits per heavy atom. The minimum atomic E-state index is 0.0938. The predicted molar refractivity (Wildman–Crippen MR) is 82.1 cm³/mol. The summed E-state index contributed by atoms with van der Waals surface area (Å²) in [5, 5.41) is 24.4. The van der Waals surface area contributed by atoms with Gasteiger partial charge in [-0.15, -0.1) is 0 Å². The summed E-state index contributed by atoms with van der Waals surface area (Å²) in [7, 11) is 0. The molecular formula is C16H23NO5. The van der Waals surface area contributed by atoms with Crippen molar-refractivity contribution in [2.75, 3.05) is 26.4 Å². The number of benzene rings is 1. The molecule has 0 aliphatic rings. The molecule has 3 N–H and O–H groups in total. The summed E-state index contributed by atoms with van der Waals surface area (Å²) in [5.74, 6) is 0.603. The third kappa shape index (κ3) is 7.33. The lowest BCUT2D eigenvalue weighted by atomic mass is 10.2. The molecule has 122 valence electrons. The van der Waals surface area contributed by atoms with E-state index in [-0.39, 0.29) is 19.8 Å². The van der Waals surface area contributed by atoms with Crippen LogP contribution in [0.3, 0.4) is 0 Å². The molecule has 2 aromatic rings. The highest BCUT2D eigenvalue weighted by atomic mass is 16.5. The van der Waals surface area contributed by atoms with Crippen LogP contribution in [0.25, 0.3) is 11.5 Å². The molecule has 0 saturated carbocycles. The molecule has 2 rings (SSSR count). The molecule has 1 aromatic carbocycles. The average Bonchev–Trinajstić information content (AvgIpc) is 3.03. The van der Waals surface area contributed by atoms with Crippen molar-refractivity contribution in [2.24, 2.45) is 0 Å². The maximum atomic E-state index is 8.60. The zero-order chi connectivity index (χ0) is 16.0. The van der Waals surface area contributed by atoms with E-state index in [9.17, 15) is 0 Å². The van der Waals surface area contributed by atoms with Crippen molar-refractivity contribution in [1.82, 2.24) is 4.98 Å². The molecule has 0 aliphatic heterocycles. The van der Waals surface area contributed by atoms with E-state index in [0.29, 0.717) is 31.9 Å². The summed E-state index contributed by atoms with van der Waals surface area (Å²) in [6.45, 7) is 1.28. The van der Waals surface area contributed by atoms with Crippen LogP contribution in [-0.4, -0.2) is 46.7 Å². The topological polar surface area (TPSA) is 96.0 Å². The normalized spacial score (nSPS) is 10.1. The maximum Gasteiger partial charge on any atom is 0.226 e. The summed E-state index contributed by atoms with van der Waals surface area (Å²) in [5.41, 5.74) is 1.72. The molecule has 0 fully saturated rings. The number of rotatable bonds is 8. The second kappa shape index (κ2) is 11.9. The van der Waals surface area contributed by atoms with Crippen molar-refractivity contribution in [1.29, 1.82) is 0 Å². The summed E-state index contributed by atoms with van der Waals surface area (Å²) in [6.07, 6.45) is 2.74. The molecule has 6 heteroatoms. The van der Waals surface area contributed by atoms with Gasteiger partial charge in [-0.1, -0.05) is 18.2 Å². The second-order valence-electron chi connectivity index (χ2n) is 4.44. The number of aliphatic hydroxyl groups is 3. The standard InChI is InChI=1S/C13H15NO3.C3H8O2/c15-7-4-8-16-9-12-10-17-13(14-12)11-5-2-1-3-6-11;4-2-1-3-5/h1-3,5-6,10,15H,4,7-9H2;4-5H,1-3H2. The smallest absolute Gasteiger partial charge is 0.226 e. The van der Waals surface area contributed by atoms with Crippen molar-refractivity contribution in [2.45, 2.75) is 19.4 Å². The monoisotopic (exact) mass is 309 g/mol. The number of oxazole rings is 1. The van der Waals surface area contributed by atoms with Crippen LogP contribution in [0.2, 0.25) is 0 Å². The molecule has 1 heterocycles. The Hall–Kier alpha value is -1.73. The Morgan fingerprint density at radius 3 is 2.23 bits per heavy atom. The number of aliphatic hydroxyl groups excluding tert-OH is 3. The maximum absolute atomic E-state index is 8.60. The van der Waals surface area contributed by atoms with Gasteiger partial charge in [-0.2, -0.15) is 0 Å². The molecule has 0 bridgehead atoms. The van der Waals surface area contributed by atoms with Crippen LogP contribution < -0.4 is 0 Å². The Morgan fingerprint density at radius 1 is 0.955 bits per heavy atom. The van der Waals surface area contributed by atoms with Gasteiger partial charge < -0.3 is 24.5 Å². The number of hydrogen-bond donors (Lipinski definition) is 3. The molecule has 0 spiro atoms. The second-order valence-corrected chi connectivity index (χ2v) is 4.44. The van der Waals surface area contributed by atoms with Crippen molar-refractivity contribution in [3.63, 3.8) is 0 Å². The Labute approximate surface area is 130 Å². The van der Waals surface area contributed by atoms with Crippen molar-refractivity contribution in [3.05, 3.63) is 42.3 Å². The molecule has 6 nitrogen and oxygen atoms in total. The molecule has 0 atom stereocenters. The molecular weight excluding hydrogens is 286 g/mol. The van der Waals surface area contributed by atoms with E-state index in [1.807, 2.05) is 30.3 Å². The first kappa shape index (κ1) is 18.3. The molecule has 0 saturated heterocycles. The van der Waals surface area contributed by atoms with Gasteiger partial charge in [0.2, 0.25) is 5.89 Å². The zero-order valence-electron chi connectivity index (χ0n) is 12.5. The summed E-state index contributed by atoms with van der Waals surface area (Å²) < 4.78 is 10.7. The third-order valence-corrected chi connectivity index (χ3v) is 2.59. The van der Waals surface area contributed by atoms with Crippen molar-refractivity contribution < 1.29 is 24.5 Å². The molecule has 0 aliphatic carbocycles. The van der Waals surface area contributed by atoms with E-state index in [0.717, 1.165) is 11.3 Å². The molecule has 0 unspecified atom stereocenters. The third-order valence-electron chi connectivity index (χ3n) is 2.59. The van der Waals surface area contributed by atoms with Crippen LogP contribution in [0.15, 0.2) is 41.0 Å². The number of aromatic nitrogens is 1. The van der Waals surface area contributed by atoms with Gasteiger partial charge in [0, 0.05) is 32.0 Å². The van der Waals surface area contributed by atoms with Gasteiger partial charge in [-0.25, -0.2) is 4.98 Å². The van der Waals surface area contributed by atoms with Crippen LogP contribution in [0.4, 0.5) is 0 Å². The molecule has 22 heavy (non-hydrogen) atoms. The largest absolute Gasteiger partial charge is 0.444 e. The van der Waals surface area contributed by atoms with Gasteiger partial charge in [0.15, 0.2) is 0 Å². The summed E-state index contributed by atoms with van der Waals surface area (Å²) in [4.78, 5) is 4.32. The van der Waals surface area contributed by atoms with Crippen LogP contribution in [0.5, 0.6) is 0 Å². The molecule has 0 radical (unpaired) electrons. The quantitative estimate of drug-likeness (QED) is 0.641. The van der Waals surface area contributed by atoms with Crippen LogP contribution in [0.1, 0.15) is 18.5 Å². The average molecular weight is 309 g/mol. The lowest BCUT2D eigenvalue weighted by Gasteiger charge is -1.98. The summed E-state index contributed by atoms with van der Waals surface area (Å²) >= 11 is 0. The highest BCUT2D eigenvalue weighted by molar-refractivity contribution is 5.52. The van der Waals surface area contributed by atoms with E-state index >= 15 is 0 Å². The zero-order valence-corrected chi connectivity index (χ0v) is 12.5. The van der Waals surface area contributed by atoms with Gasteiger partial charge in [-0.3, -0.25) is 0 Å². The van der Waals surface area contributed by atoms with E-state index in [2.05, 4.69) is 4.98 Å². The highest BCUT2D eigenvalue weighted by Crippen LogP contribution is 2.18. The van der Waals surface area contributed by atoms with E-state index in [1.54, 1.807) is 6.26 Å². The Kier molecular flexibility index (Phi) is 9.89. The molecule has 0 amide bonds. The van der Waals surface area contributed by atoms with Gasteiger partial charge >= 0.3 is 0 Å². The lowest BCUT2D eigenvalue weighted by molar-refractivity contribution is 0.102. The van der Waals surface area contributed by atoms with Crippen molar-refractivity contribution >= 4 is 0 Å². The fourth-order valence-corrected chi connectivity index (χ4v) is 1.50. The van der Waals surface area contributed by atoms with Gasteiger partial charge in [0.1, 0.15) is 12.0 Å². The van der Waals surface area contributed by atoms with Gasteiger partial charge in [-0.05, 0) is 25.0 Å². The molecule has 1 aromatic heterocycles. The number of ether oxygens (including phenoxy) is 1. The minimum Gasteiger partial charge on any atom is -0.444 e. The Bertz CT molecular complexity index is 484. The van der Waals surface area contributed by atoms with E-state index in [4.69, 9.17) is 24.5 Å². The minimum absolute atomic E-state index is 0.0938. The van der Waals surface area contributed by atoms with E-state index < -0.39 is 0 Å². The predicted octanol–water partition coefficient (Wildman–Crippen LogP) is 1.60. The number of nitrogens with zero attached hydrogens (tertiary/aromatic N) is 1. The lowest BCUT2D eigenvalue weighted by Crippen LogP contribution is -1.97. The van der Waals surface area contributed by atoms with E-state index in [1.165, 1.54) is 0 Å². The fraction of sp³-hybridized carbons (Fsp3) is 0.438. The Balaban J connectivity index is 0.000000422. The highest BCUT2D eigenvalue weighted by Gasteiger charge is 2.05. The van der Waals surface area contributed by atoms with Crippen LogP contribution in [-0.2, 0) is 11.3 Å². The summed E-state index contributed by atoms with van der Waals surface area (Å²) in [6, 6.07) is 9.73. The van der Waals surface area contributed by atoms with Crippen molar-refractivity contribution in [3.8, 4) is 11.5 Å². The number of hydrogen-bond acceptors (Lipinski definition) is 6. The first-order valence-electron chi connectivity index (χ1n) is 7.22. The van der Waals surface area contributed by atoms with Gasteiger partial charge in [0.05, 0.1) is 6.61 Å².